The van der Waals surface area contributed by atoms with Gasteiger partial charge in [0.25, 0.3) is 0 Å². The first kappa shape index (κ1) is 14.2. The van der Waals surface area contributed by atoms with E-state index in [-0.39, 0.29) is 16.3 Å². The molecule has 0 fully saturated rings. The van der Waals surface area contributed by atoms with Gasteiger partial charge in [-0.2, -0.15) is 5.26 Å². The Kier molecular flexibility index (Phi) is 4.16. The molecule has 0 saturated carbocycles. The van der Waals surface area contributed by atoms with Crippen LogP contribution in [0.25, 0.3) is 0 Å². The highest BCUT2D eigenvalue weighted by Gasteiger charge is 2.15. The molecule has 0 radical (unpaired) electrons. The van der Waals surface area contributed by atoms with E-state index in [2.05, 4.69) is 10.3 Å². The maximum Gasteiger partial charge on any atom is 0.164 e. The lowest BCUT2D eigenvalue weighted by Gasteiger charge is -2.16. The van der Waals surface area contributed by atoms with Gasteiger partial charge in [-0.3, -0.25) is 0 Å². The van der Waals surface area contributed by atoms with Gasteiger partial charge in [0, 0.05) is 5.56 Å². The number of benzene rings is 1. The first-order chi connectivity index (χ1) is 9.52. The van der Waals surface area contributed by atoms with Crippen LogP contribution in [0.1, 0.15) is 24.2 Å². The quantitative estimate of drug-likeness (QED) is 0.928. The Morgan fingerprint density at radius 1 is 1.30 bits per heavy atom. The van der Waals surface area contributed by atoms with E-state index in [0.29, 0.717) is 5.82 Å². The van der Waals surface area contributed by atoms with Crippen LogP contribution in [0.3, 0.4) is 0 Å². The summed E-state index contributed by atoms with van der Waals surface area (Å²) in [6.07, 6.45) is 0. The van der Waals surface area contributed by atoms with Crippen molar-refractivity contribution in [2.75, 3.05) is 5.32 Å². The highest BCUT2D eigenvalue weighted by molar-refractivity contribution is 6.31. The summed E-state index contributed by atoms with van der Waals surface area (Å²) in [4.78, 5) is 3.99. The first-order valence-electron chi connectivity index (χ1n) is 5.80. The summed E-state index contributed by atoms with van der Waals surface area (Å²) in [7, 11) is 0. The molecule has 2 aromatic rings. The second-order valence-electron chi connectivity index (χ2n) is 4.15. The van der Waals surface area contributed by atoms with E-state index in [1.54, 1.807) is 13.0 Å². The Labute approximate surface area is 119 Å². The first-order valence-corrected chi connectivity index (χ1v) is 6.18. The molecular weight excluding hydrogens is 284 g/mol. The Morgan fingerprint density at radius 2 is 2.05 bits per heavy atom. The topological polar surface area (TPSA) is 48.7 Å². The minimum Gasteiger partial charge on any atom is -0.363 e. The van der Waals surface area contributed by atoms with E-state index >= 15 is 0 Å². The maximum absolute atomic E-state index is 13.7. The predicted molar refractivity (Wildman–Crippen MR) is 72.4 cm³/mol. The number of nitrogens with zero attached hydrogens (tertiary/aromatic N) is 2. The number of hydrogen-bond donors (Lipinski definition) is 1. The fraction of sp³-hybridized carbons (Fsp3) is 0.143. The van der Waals surface area contributed by atoms with E-state index in [1.165, 1.54) is 18.2 Å². The zero-order valence-electron chi connectivity index (χ0n) is 10.5. The second-order valence-corrected chi connectivity index (χ2v) is 4.55. The fourth-order valence-corrected chi connectivity index (χ4v) is 1.90. The highest BCUT2D eigenvalue weighted by Crippen LogP contribution is 2.23. The molecule has 0 aliphatic rings. The van der Waals surface area contributed by atoms with Crippen LogP contribution in [0.2, 0.25) is 5.02 Å². The lowest BCUT2D eigenvalue weighted by Crippen LogP contribution is -2.11. The summed E-state index contributed by atoms with van der Waals surface area (Å²) in [5.74, 6) is -1.44. The Morgan fingerprint density at radius 3 is 2.75 bits per heavy atom. The van der Waals surface area contributed by atoms with Gasteiger partial charge in [-0.05, 0) is 25.1 Å². The van der Waals surface area contributed by atoms with Crippen molar-refractivity contribution < 1.29 is 8.78 Å². The molecule has 6 heteroatoms. The molecule has 3 nitrogen and oxygen atoms in total. The molecule has 0 spiro atoms. The van der Waals surface area contributed by atoms with Crippen LogP contribution in [0.15, 0.2) is 30.3 Å². The number of halogens is 3. The van der Waals surface area contributed by atoms with Gasteiger partial charge in [-0.1, -0.05) is 23.7 Å². The van der Waals surface area contributed by atoms with Crippen LogP contribution in [-0.4, -0.2) is 4.98 Å². The lowest BCUT2D eigenvalue weighted by atomic mass is 10.1. The van der Waals surface area contributed by atoms with Crippen LogP contribution in [0.4, 0.5) is 14.6 Å². The van der Waals surface area contributed by atoms with Gasteiger partial charge in [-0.15, -0.1) is 0 Å². The molecule has 1 unspecified atom stereocenters. The summed E-state index contributed by atoms with van der Waals surface area (Å²) in [5.41, 5.74) is 0.254. The number of nitriles is 1. The van der Waals surface area contributed by atoms with Gasteiger partial charge in [0.1, 0.15) is 11.9 Å². The molecule has 20 heavy (non-hydrogen) atoms. The number of anilines is 1. The smallest absolute Gasteiger partial charge is 0.164 e. The van der Waals surface area contributed by atoms with Crippen molar-refractivity contribution in [3.63, 3.8) is 0 Å². The van der Waals surface area contributed by atoms with Gasteiger partial charge in [0.2, 0.25) is 0 Å². The average molecular weight is 294 g/mol. The van der Waals surface area contributed by atoms with Crippen molar-refractivity contribution in [2.24, 2.45) is 0 Å². The molecule has 0 amide bonds. The Bertz CT molecular complexity index is 683. The third kappa shape index (κ3) is 2.86. The third-order valence-electron chi connectivity index (χ3n) is 2.76. The standard InChI is InChI=1S/C14H10ClF2N3/c1-8(9-3-2-4-11(16)14(9)17)19-13-6-5-10(15)12(7-18)20-13/h2-6,8H,1H3,(H,19,20). The summed E-state index contributed by atoms with van der Waals surface area (Å²) < 4.78 is 26.8. The molecule has 0 aliphatic carbocycles. The Balaban J connectivity index is 2.26. The van der Waals surface area contributed by atoms with E-state index in [1.807, 2.05) is 6.07 Å². The molecule has 1 heterocycles. The molecule has 1 atom stereocenters. The molecule has 1 aromatic heterocycles. The lowest BCUT2D eigenvalue weighted by molar-refractivity contribution is 0.494. The third-order valence-corrected chi connectivity index (χ3v) is 3.07. The van der Waals surface area contributed by atoms with Crippen LogP contribution >= 0.6 is 11.6 Å². The molecular formula is C14H10ClF2N3. The Hall–Kier alpha value is -2.19. The van der Waals surface area contributed by atoms with Crippen molar-refractivity contribution >= 4 is 17.4 Å². The van der Waals surface area contributed by atoms with Crippen molar-refractivity contribution in [3.8, 4) is 6.07 Å². The molecule has 102 valence electrons. The molecule has 0 aliphatic heterocycles. The second kappa shape index (κ2) is 5.85. The van der Waals surface area contributed by atoms with Crippen molar-refractivity contribution in [2.45, 2.75) is 13.0 Å². The van der Waals surface area contributed by atoms with Gasteiger partial charge in [0.15, 0.2) is 17.3 Å². The van der Waals surface area contributed by atoms with Crippen LogP contribution in [0.5, 0.6) is 0 Å². The van der Waals surface area contributed by atoms with Crippen LogP contribution in [0, 0.1) is 23.0 Å². The predicted octanol–water partition coefficient (Wildman–Crippen LogP) is 4.06. The fourth-order valence-electron chi connectivity index (χ4n) is 1.76. The minimum atomic E-state index is -0.905. The normalized spacial score (nSPS) is 11.8. The molecule has 0 saturated heterocycles. The van der Waals surface area contributed by atoms with Gasteiger partial charge in [-0.25, -0.2) is 13.8 Å². The van der Waals surface area contributed by atoms with Gasteiger partial charge >= 0.3 is 0 Å². The largest absolute Gasteiger partial charge is 0.363 e. The summed E-state index contributed by atoms with van der Waals surface area (Å²) in [5, 5.41) is 12.0. The van der Waals surface area contributed by atoms with Crippen LogP contribution < -0.4 is 5.32 Å². The monoisotopic (exact) mass is 293 g/mol. The van der Waals surface area contributed by atoms with Crippen molar-refractivity contribution in [3.05, 3.63) is 58.2 Å². The molecule has 1 aromatic carbocycles. The summed E-state index contributed by atoms with van der Waals surface area (Å²) in [6, 6.07) is 8.40. The number of nitrogens with one attached hydrogen (secondary N) is 1. The maximum atomic E-state index is 13.7. The van der Waals surface area contributed by atoms with Gasteiger partial charge < -0.3 is 5.32 Å². The minimum absolute atomic E-state index is 0.0728. The van der Waals surface area contributed by atoms with Crippen molar-refractivity contribution in [1.82, 2.24) is 4.98 Å². The zero-order chi connectivity index (χ0) is 14.7. The number of aromatic nitrogens is 1. The molecule has 0 bridgehead atoms. The molecule has 2 rings (SSSR count). The van der Waals surface area contributed by atoms with E-state index in [4.69, 9.17) is 16.9 Å². The summed E-state index contributed by atoms with van der Waals surface area (Å²) in [6.45, 7) is 1.67. The van der Waals surface area contributed by atoms with E-state index in [9.17, 15) is 8.78 Å². The molecule has 1 N–H and O–H groups in total. The SMILES string of the molecule is CC(Nc1ccc(Cl)c(C#N)n1)c1cccc(F)c1F. The average Bonchev–Trinajstić information content (AvgIpc) is 2.43. The van der Waals surface area contributed by atoms with E-state index in [0.717, 1.165) is 6.07 Å². The number of hydrogen-bond acceptors (Lipinski definition) is 3. The van der Waals surface area contributed by atoms with Crippen molar-refractivity contribution in [1.29, 1.82) is 5.26 Å². The number of rotatable bonds is 3. The van der Waals surface area contributed by atoms with Gasteiger partial charge in [0.05, 0.1) is 11.1 Å². The van der Waals surface area contributed by atoms with Crippen LogP contribution in [-0.2, 0) is 0 Å². The van der Waals surface area contributed by atoms with E-state index < -0.39 is 17.7 Å². The zero-order valence-corrected chi connectivity index (χ0v) is 11.2. The summed E-state index contributed by atoms with van der Waals surface area (Å²) >= 11 is 5.77. The highest BCUT2D eigenvalue weighted by atomic mass is 35.5. The number of pyridine rings is 1.